The molecule has 0 aromatic heterocycles. The molecule has 98 valence electrons. The van der Waals surface area contributed by atoms with Gasteiger partial charge in [-0.2, -0.15) is 0 Å². The molecule has 1 saturated heterocycles. The summed E-state index contributed by atoms with van der Waals surface area (Å²) in [6.45, 7) is 5.80. The number of nitrogens with zero attached hydrogens (tertiary/aromatic N) is 1. The van der Waals surface area contributed by atoms with Crippen molar-refractivity contribution in [1.29, 1.82) is 0 Å². The molecule has 0 atom stereocenters. The molecule has 0 unspecified atom stereocenters. The van der Waals surface area contributed by atoms with Crippen molar-refractivity contribution in [1.82, 2.24) is 4.90 Å². The van der Waals surface area contributed by atoms with Crippen molar-refractivity contribution < 1.29 is 9.53 Å². The van der Waals surface area contributed by atoms with Crippen LogP contribution >= 0.6 is 0 Å². The summed E-state index contributed by atoms with van der Waals surface area (Å²) in [5.74, 6) is 1.05. The number of carbonyl (C=O) groups excluding carboxylic acids is 1. The van der Waals surface area contributed by atoms with E-state index in [4.69, 9.17) is 4.74 Å². The number of benzene rings is 1. The second kappa shape index (κ2) is 6.55. The standard InChI is InChI=1S/C15H21NO2/c1-2-18-14-7-5-13(6-8-14)15(17)9-12-16-10-3-4-11-16/h5-8H,2-4,9-12H2,1H3. The van der Waals surface area contributed by atoms with E-state index in [2.05, 4.69) is 4.90 Å². The van der Waals surface area contributed by atoms with E-state index >= 15 is 0 Å². The maximum atomic E-state index is 12.0. The molecular formula is C15H21NO2. The van der Waals surface area contributed by atoms with E-state index < -0.39 is 0 Å². The number of hydrogen-bond acceptors (Lipinski definition) is 3. The van der Waals surface area contributed by atoms with Gasteiger partial charge in [-0.15, -0.1) is 0 Å². The number of ether oxygens (including phenoxy) is 1. The third kappa shape index (κ3) is 3.57. The Kier molecular flexibility index (Phi) is 4.76. The minimum atomic E-state index is 0.227. The zero-order chi connectivity index (χ0) is 12.8. The molecule has 0 bridgehead atoms. The molecule has 1 fully saturated rings. The molecule has 1 aromatic carbocycles. The average Bonchev–Trinajstić information content (AvgIpc) is 2.90. The fourth-order valence-corrected chi connectivity index (χ4v) is 2.31. The number of Topliss-reactive ketones (excluding diaryl/α,β-unsaturated/α-hetero) is 1. The van der Waals surface area contributed by atoms with Gasteiger partial charge in [0, 0.05) is 18.5 Å². The van der Waals surface area contributed by atoms with E-state index in [0.717, 1.165) is 30.9 Å². The molecule has 0 amide bonds. The third-order valence-electron chi connectivity index (χ3n) is 3.34. The molecule has 3 heteroatoms. The highest BCUT2D eigenvalue weighted by molar-refractivity contribution is 5.96. The van der Waals surface area contributed by atoms with Gasteiger partial charge >= 0.3 is 0 Å². The van der Waals surface area contributed by atoms with Gasteiger partial charge in [0.2, 0.25) is 0 Å². The van der Waals surface area contributed by atoms with Gasteiger partial charge in [0.15, 0.2) is 5.78 Å². The first kappa shape index (κ1) is 13.1. The molecule has 1 aromatic rings. The van der Waals surface area contributed by atoms with Gasteiger partial charge in [0.1, 0.15) is 5.75 Å². The van der Waals surface area contributed by atoms with Gasteiger partial charge in [-0.05, 0) is 57.1 Å². The molecule has 0 spiro atoms. The Balaban J connectivity index is 1.83. The first-order valence-corrected chi connectivity index (χ1v) is 6.78. The smallest absolute Gasteiger partial charge is 0.164 e. The van der Waals surface area contributed by atoms with E-state index in [0.29, 0.717) is 13.0 Å². The lowest BCUT2D eigenvalue weighted by Crippen LogP contribution is -2.22. The SMILES string of the molecule is CCOc1ccc(C(=O)CCN2CCCC2)cc1. The van der Waals surface area contributed by atoms with Crippen LogP contribution in [0.25, 0.3) is 0 Å². The van der Waals surface area contributed by atoms with Crippen molar-refractivity contribution in [2.45, 2.75) is 26.2 Å². The van der Waals surface area contributed by atoms with Crippen molar-refractivity contribution in [2.24, 2.45) is 0 Å². The van der Waals surface area contributed by atoms with Crippen molar-refractivity contribution in [3.63, 3.8) is 0 Å². The van der Waals surface area contributed by atoms with E-state index in [9.17, 15) is 4.79 Å². The normalized spacial score (nSPS) is 15.8. The maximum Gasteiger partial charge on any atom is 0.164 e. The van der Waals surface area contributed by atoms with E-state index in [-0.39, 0.29) is 5.78 Å². The Labute approximate surface area is 109 Å². The zero-order valence-electron chi connectivity index (χ0n) is 11.0. The Hall–Kier alpha value is -1.35. The summed E-state index contributed by atoms with van der Waals surface area (Å²) in [5.41, 5.74) is 0.789. The minimum Gasteiger partial charge on any atom is -0.494 e. The summed E-state index contributed by atoms with van der Waals surface area (Å²) in [7, 11) is 0. The lowest BCUT2D eigenvalue weighted by atomic mass is 10.1. The van der Waals surface area contributed by atoms with Crippen molar-refractivity contribution >= 4 is 5.78 Å². The number of hydrogen-bond donors (Lipinski definition) is 0. The van der Waals surface area contributed by atoms with Gasteiger partial charge in [-0.25, -0.2) is 0 Å². The topological polar surface area (TPSA) is 29.5 Å². The second-order valence-electron chi connectivity index (χ2n) is 4.68. The van der Waals surface area contributed by atoms with E-state index in [1.165, 1.54) is 12.8 Å². The minimum absolute atomic E-state index is 0.227. The van der Waals surface area contributed by atoms with Gasteiger partial charge in [0.25, 0.3) is 0 Å². The van der Waals surface area contributed by atoms with E-state index in [1.54, 1.807) is 0 Å². The largest absolute Gasteiger partial charge is 0.494 e. The van der Waals surface area contributed by atoms with E-state index in [1.807, 2.05) is 31.2 Å². The summed E-state index contributed by atoms with van der Waals surface area (Å²) < 4.78 is 5.36. The lowest BCUT2D eigenvalue weighted by molar-refractivity contribution is 0.0969. The quantitative estimate of drug-likeness (QED) is 0.724. The fourth-order valence-electron chi connectivity index (χ4n) is 2.31. The second-order valence-corrected chi connectivity index (χ2v) is 4.68. The average molecular weight is 247 g/mol. The Morgan fingerprint density at radius 3 is 2.50 bits per heavy atom. The highest BCUT2D eigenvalue weighted by Gasteiger charge is 2.13. The summed E-state index contributed by atoms with van der Waals surface area (Å²) >= 11 is 0. The van der Waals surface area contributed by atoms with Crippen LogP contribution in [-0.2, 0) is 0 Å². The fraction of sp³-hybridized carbons (Fsp3) is 0.533. The number of carbonyl (C=O) groups is 1. The van der Waals surface area contributed by atoms with Crippen LogP contribution in [0.4, 0.5) is 0 Å². The monoisotopic (exact) mass is 247 g/mol. The number of ketones is 1. The molecule has 0 saturated carbocycles. The first-order chi connectivity index (χ1) is 8.79. The van der Waals surface area contributed by atoms with Gasteiger partial charge in [-0.1, -0.05) is 0 Å². The Morgan fingerprint density at radius 1 is 1.22 bits per heavy atom. The Bertz CT molecular complexity index is 380. The number of rotatable bonds is 6. The first-order valence-electron chi connectivity index (χ1n) is 6.78. The van der Waals surface area contributed by atoms with Crippen molar-refractivity contribution in [3.05, 3.63) is 29.8 Å². The summed E-state index contributed by atoms with van der Waals surface area (Å²) in [4.78, 5) is 14.4. The van der Waals surface area contributed by atoms with Crippen molar-refractivity contribution in [2.75, 3.05) is 26.2 Å². The van der Waals surface area contributed by atoms with Crippen LogP contribution in [0.2, 0.25) is 0 Å². The van der Waals surface area contributed by atoms with Crippen LogP contribution in [-0.4, -0.2) is 36.9 Å². The molecule has 3 nitrogen and oxygen atoms in total. The molecular weight excluding hydrogens is 226 g/mol. The van der Waals surface area contributed by atoms with Crippen LogP contribution in [0.1, 0.15) is 36.5 Å². The summed E-state index contributed by atoms with van der Waals surface area (Å²) in [6.07, 6.45) is 3.17. The van der Waals surface area contributed by atoms with Gasteiger partial charge in [-0.3, -0.25) is 4.79 Å². The van der Waals surface area contributed by atoms with Crippen LogP contribution < -0.4 is 4.74 Å². The highest BCUT2D eigenvalue weighted by Crippen LogP contribution is 2.14. The van der Waals surface area contributed by atoms with Crippen LogP contribution in [0.15, 0.2) is 24.3 Å². The molecule has 1 heterocycles. The predicted molar refractivity (Wildman–Crippen MR) is 72.2 cm³/mol. The van der Waals surface area contributed by atoms with Crippen LogP contribution in [0.3, 0.4) is 0 Å². The molecule has 2 rings (SSSR count). The summed E-state index contributed by atoms with van der Waals surface area (Å²) in [5, 5.41) is 0. The molecule has 1 aliphatic rings. The van der Waals surface area contributed by atoms with Crippen molar-refractivity contribution in [3.8, 4) is 5.75 Å². The highest BCUT2D eigenvalue weighted by atomic mass is 16.5. The maximum absolute atomic E-state index is 12.0. The molecule has 18 heavy (non-hydrogen) atoms. The van der Waals surface area contributed by atoms with Crippen LogP contribution in [0, 0.1) is 0 Å². The zero-order valence-corrected chi connectivity index (χ0v) is 11.0. The predicted octanol–water partition coefficient (Wildman–Crippen LogP) is 2.75. The summed E-state index contributed by atoms with van der Waals surface area (Å²) in [6, 6.07) is 7.45. The molecule has 0 radical (unpaired) electrons. The third-order valence-corrected chi connectivity index (χ3v) is 3.34. The molecule has 0 aliphatic carbocycles. The lowest BCUT2D eigenvalue weighted by Gasteiger charge is -2.13. The van der Waals surface area contributed by atoms with Crippen LogP contribution in [0.5, 0.6) is 5.75 Å². The van der Waals surface area contributed by atoms with Gasteiger partial charge < -0.3 is 9.64 Å². The van der Waals surface area contributed by atoms with Gasteiger partial charge in [0.05, 0.1) is 6.61 Å². The Morgan fingerprint density at radius 2 is 1.89 bits per heavy atom. The molecule has 1 aliphatic heterocycles. The number of likely N-dealkylation sites (tertiary alicyclic amines) is 1. The molecule has 0 N–H and O–H groups in total.